The molecule has 1 unspecified atom stereocenters. The van der Waals surface area contributed by atoms with Crippen molar-refractivity contribution in [2.45, 2.75) is 26.9 Å². The Balaban J connectivity index is 1.90. The predicted octanol–water partition coefficient (Wildman–Crippen LogP) is 3.73. The van der Waals surface area contributed by atoms with E-state index in [4.69, 9.17) is 0 Å². The molecule has 102 valence electrons. The van der Waals surface area contributed by atoms with Gasteiger partial charge in [-0.05, 0) is 38.1 Å². The summed E-state index contributed by atoms with van der Waals surface area (Å²) in [7, 11) is 2.37. The van der Waals surface area contributed by atoms with E-state index in [0.29, 0.717) is 0 Å². The summed E-state index contributed by atoms with van der Waals surface area (Å²) >= 11 is 0. The molecule has 2 aliphatic rings. The zero-order chi connectivity index (χ0) is 13.9. The van der Waals surface area contributed by atoms with E-state index in [1.807, 2.05) is 0 Å². The van der Waals surface area contributed by atoms with E-state index in [1.165, 1.54) is 33.6 Å². The Bertz CT molecular complexity index is 705. The second-order valence-corrected chi connectivity index (χ2v) is 6.66. The van der Waals surface area contributed by atoms with E-state index < -0.39 is 0 Å². The van der Waals surface area contributed by atoms with Gasteiger partial charge >= 0.3 is 0 Å². The molecule has 2 nitrogen and oxygen atoms in total. The second kappa shape index (κ2) is 3.86. The van der Waals surface area contributed by atoms with Gasteiger partial charge in [0.25, 0.3) is 0 Å². The van der Waals surface area contributed by atoms with Gasteiger partial charge in [-0.1, -0.05) is 23.3 Å². The highest BCUT2D eigenvalue weighted by molar-refractivity contribution is 5.65. The average molecular weight is 265 g/mol. The van der Waals surface area contributed by atoms with Crippen LogP contribution in [0, 0.1) is 13.8 Å². The van der Waals surface area contributed by atoms with Gasteiger partial charge in [0, 0.05) is 11.1 Å². The number of nitrogens with zero attached hydrogens (tertiary/aromatic N) is 2. The van der Waals surface area contributed by atoms with Crippen molar-refractivity contribution in [1.82, 2.24) is 4.48 Å². The van der Waals surface area contributed by atoms with Crippen LogP contribution < -0.4 is 9.38 Å². The average Bonchev–Trinajstić information content (AvgIpc) is 2.37. The van der Waals surface area contributed by atoms with Gasteiger partial charge in [0.2, 0.25) is 0 Å². The summed E-state index contributed by atoms with van der Waals surface area (Å²) in [6.45, 7) is 7.61. The van der Waals surface area contributed by atoms with E-state index in [1.54, 1.807) is 0 Å². The van der Waals surface area contributed by atoms with Crippen molar-refractivity contribution >= 4 is 11.4 Å². The van der Waals surface area contributed by atoms with Crippen molar-refractivity contribution in [3.05, 3.63) is 58.7 Å². The van der Waals surface area contributed by atoms with Gasteiger partial charge in [-0.3, -0.25) is 4.48 Å². The first-order chi connectivity index (χ1) is 9.55. The topological polar surface area (TPSA) is 3.24 Å². The van der Waals surface area contributed by atoms with Crippen molar-refractivity contribution < 1.29 is 0 Å². The molecule has 0 radical (unpaired) electrons. The third-order valence-corrected chi connectivity index (χ3v) is 4.76. The molecule has 0 amide bonds. The quantitative estimate of drug-likeness (QED) is 0.656. The van der Waals surface area contributed by atoms with Gasteiger partial charge in [-0.2, -0.15) is 0 Å². The summed E-state index contributed by atoms with van der Waals surface area (Å²) in [5.41, 5.74) is 8.64. The van der Waals surface area contributed by atoms with Crippen molar-refractivity contribution in [2.75, 3.05) is 18.6 Å². The number of anilines is 1. The minimum absolute atomic E-state index is 1.01. The normalized spacial score (nSPS) is 23.2. The van der Waals surface area contributed by atoms with Crippen LogP contribution in [0.3, 0.4) is 0 Å². The van der Waals surface area contributed by atoms with Crippen LogP contribution in [0.4, 0.5) is 11.4 Å². The summed E-state index contributed by atoms with van der Waals surface area (Å²) in [4.78, 5) is 2.54. The minimum atomic E-state index is 1.01. The van der Waals surface area contributed by atoms with Gasteiger partial charge in [-0.15, -0.1) is 0 Å². The largest absolute Gasteiger partial charge is 0.320 e. The van der Waals surface area contributed by atoms with Crippen LogP contribution in [0.2, 0.25) is 0 Å². The van der Waals surface area contributed by atoms with E-state index in [9.17, 15) is 0 Å². The van der Waals surface area contributed by atoms with Gasteiger partial charge in [0.1, 0.15) is 12.2 Å². The number of rotatable bonds is 0. The van der Waals surface area contributed by atoms with Crippen LogP contribution in [0.1, 0.15) is 22.3 Å². The highest BCUT2D eigenvalue weighted by Crippen LogP contribution is 2.42. The number of aryl methyl sites for hydroxylation is 2. The standard InChI is InChI=1S/C18H21N2/c1-13-4-6-17-16(9-13)11-20(3)12-19(17)10-15-8-14(2)5-7-18(15)20/h4-9H,10-12H2,1-3H3/q+1. The maximum atomic E-state index is 2.54. The summed E-state index contributed by atoms with van der Waals surface area (Å²) in [6.07, 6.45) is 0. The SMILES string of the molecule is Cc1ccc2c(c1)C[N+]1(C)CN2Cc2cc(C)ccc21. The van der Waals surface area contributed by atoms with Crippen molar-refractivity contribution in [2.24, 2.45) is 0 Å². The van der Waals surface area contributed by atoms with Gasteiger partial charge in [0.15, 0.2) is 6.67 Å². The molecule has 20 heavy (non-hydrogen) atoms. The molecule has 2 aromatic rings. The maximum Gasteiger partial charge on any atom is 0.159 e. The molecule has 2 aromatic carbocycles. The molecule has 0 saturated heterocycles. The lowest BCUT2D eigenvalue weighted by molar-refractivity contribution is 0.287. The fourth-order valence-corrected chi connectivity index (χ4v) is 3.90. The molecule has 0 fully saturated rings. The Morgan fingerprint density at radius 2 is 1.65 bits per heavy atom. The fraction of sp³-hybridized carbons (Fsp3) is 0.333. The van der Waals surface area contributed by atoms with Crippen molar-refractivity contribution in [1.29, 1.82) is 0 Å². The molecule has 4 rings (SSSR count). The smallest absolute Gasteiger partial charge is 0.159 e. The first kappa shape index (κ1) is 12.0. The van der Waals surface area contributed by atoms with Crippen molar-refractivity contribution in [3.8, 4) is 0 Å². The summed E-state index contributed by atoms with van der Waals surface area (Å²) < 4.78 is 1.01. The number of quaternary nitrogens is 1. The van der Waals surface area contributed by atoms with Crippen molar-refractivity contribution in [3.63, 3.8) is 0 Å². The Kier molecular flexibility index (Phi) is 2.31. The monoisotopic (exact) mass is 265 g/mol. The molecule has 0 aromatic heterocycles. The number of hydrogen-bond donors (Lipinski definition) is 0. The Morgan fingerprint density at radius 3 is 2.45 bits per heavy atom. The lowest BCUT2D eigenvalue weighted by Gasteiger charge is -2.48. The van der Waals surface area contributed by atoms with Crippen LogP contribution in [0.25, 0.3) is 0 Å². The highest BCUT2D eigenvalue weighted by Gasteiger charge is 2.40. The first-order valence-corrected chi connectivity index (χ1v) is 7.34. The predicted molar refractivity (Wildman–Crippen MR) is 84.8 cm³/mol. The van der Waals surface area contributed by atoms with Crippen LogP contribution in [0.15, 0.2) is 36.4 Å². The summed E-state index contributed by atoms with van der Waals surface area (Å²) in [5.74, 6) is 0. The van der Waals surface area contributed by atoms with E-state index in [0.717, 1.165) is 24.2 Å². The van der Waals surface area contributed by atoms with E-state index in [-0.39, 0.29) is 0 Å². The van der Waals surface area contributed by atoms with Crippen LogP contribution in [0.5, 0.6) is 0 Å². The molecule has 0 aliphatic carbocycles. The lowest BCUT2D eigenvalue weighted by Crippen LogP contribution is -2.58. The van der Waals surface area contributed by atoms with E-state index in [2.05, 4.69) is 62.2 Å². The van der Waals surface area contributed by atoms with E-state index >= 15 is 0 Å². The Labute approximate surface area is 120 Å². The Hall–Kier alpha value is -1.80. The molecular weight excluding hydrogens is 244 g/mol. The second-order valence-electron chi connectivity index (χ2n) is 6.66. The molecule has 0 N–H and O–H groups in total. The molecule has 0 saturated carbocycles. The zero-order valence-corrected chi connectivity index (χ0v) is 12.5. The molecule has 2 heteroatoms. The number of fused-ring (bicyclic) bond motifs is 6. The third kappa shape index (κ3) is 1.61. The first-order valence-electron chi connectivity index (χ1n) is 7.34. The highest BCUT2D eigenvalue weighted by atomic mass is 15.5. The van der Waals surface area contributed by atoms with Crippen LogP contribution in [-0.2, 0) is 13.1 Å². The molecular formula is C18H21N2+. The number of benzene rings is 2. The molecule has 2 bridgehead atoms. The molecule has 2 aliphatic heterocycles. The molecule has 1 atom stereocenters. The number of hydrogen-bond acceptors (Lipinski definition) is 1. The Morgan fingerprint density at radius 1 is 0.950 bits per heavy atom. The minimum Gasteiger partial charge on any atom is -0.320 e. The lowest BCUT2D eigenvalue weighted by atomic mass is 9.97. The van der Waals surface area contributed by atoms with Gasteiger partial charge in [0.05, 0.1) is 19.3 Å². The van der Waals surface area contributed by atoms with Gasteiger partial charge in [-0.25, -0.2) is 0 Å². The van der Waals surface area contributed by atoms with Gasteiger partial charge < -0.3 is 4.90 Å². The van der Waals surface area contributed by atoms with Crippen LogP contribution in [-0.4, -0.2) is 13.7 Å². The summed E-state index contributed by atoms with van der Waals surface area (Å²) in [5, 5.41) is 0. The van der Waals surface area contributed by atoms with Crippen LogP contribution >= 0.6 is 0 Å². The maximum absolute atomic E-state index is 2.54. The summed E-state index contributed by atoms with van der Waals surface area (Å²) in [6, 6.07) is 13.8. The zero-order valence-electron chi connectivity index (χ0n) is 12.5. The molecule has 2 heterocycles. The molecule has 0 spiro atoms. The third-order valence-electron chi connectivity index (χ3n) is 4.76. The fourth-order valence-electron chi connectivity index (χ4n) is 3.90.